The Balaban J connectivity index is 2.18. The Hall–Kier alpha value is -0.0151. The minimum Gasteiger partial charge on any atom is -0.308 e. The molecule has 1 aliphatic heterocycles. The molecule has 1 rings (SSSR count). The molecule has 0 aromatic rings. The van der Waals surface area contributed by atoms with E-state index in [0.717, 1.165) is 13.0 Å². The first-order valence-corrected chi connectivity index (χ1v) is 2.28. The average Bonchev–Trinajstić information content (AvgIpc) is 1.86. The Morgan fingerprint density at radius 3 is 2.83 bits per heavy atom. The summed E-state index contributed by atoms with van der Waals surface area (Å²) in [6, 6.07) is 0.435. The van der Waals surface area contributed by atoms with E-state index in [1.54, 1.807) is 0 Å². The van der Waals surface area contributed by atoms with Crippen molar-refractivity contribution in [1.29, 1.82) is 0 Å². The first-order chi connectivity index (χ1) is 2.89. The lowest BCUT2D eigenvalue weighted by Crippen LogP contribution is -2.08. The molecule has 0 aliphatic carbocycles. The van der Waals surface area contributed by atoms with Gasteiger partial charge < -0.3 is 4.84 Å². The zero-order chi connectivity index (χ0) is 4.41. The van der Waals surface area contributed by atoms with Gasteiger partial charge in [-0.05, 0) is 6.42 Å². The Bertz CT molecular complexity index is 44.1. The van der Waals surface area contributed by atoms with Gasteiger partial charge in [-0.15, -0.1) is 0 Å². The van der Waals surface area contributed by atoms with E-state index in [1.165, 1.54) is 0 Å². The van der Waals surface area contributed by atoms with Crippen LogP contribution in [0.25, 0.3) is 0 Å². The van der Waals surface area contributed by atoms with Gasteiger partial charge in [0.1, 0.15) is 7.85 Å². The van der Waals surface area contributed by atoms with E-state index >= 15 is 0 Å². The van der Waals surface area contributed by atoms with E-state index in [2.05, 4.69) is 13.3 Å². The molecule has 2 nitrogen and oxygen atoms in total. The second-order valence-corrected chi connectivity index (χ2v) is 1.61. The van der Waals surface area contributed by atoms with Crippen molar-refractivity contribution in [1.82, 2.24) is 5.48 Å². The second kappa shape index (κ2) is 1.62. The normalized spacial score (nSPS) is 34.3. The van der Waals surface area contributed by atoms with Gasteiger partial charge in [0.05, 0.1) is 0 Å². The molecule has 0 saturated carbocycles. The second-order valence-electron chi connectivity index (χ2n) is 1.61. The summed E-state index contributed by atoms with van der Waals surface area (Å²) in [5.41, 5.74) is 2.77. The molecule has 0 amide bonds. The largest absolute Gasteiger partial charge is 0.308 e. The molecule has 1 unspecified atom stereocenters. The van der Waals surface area contributed by atoms with Crippen molar-refractivity contribution in [3.63, 3.8) is 0 Å². The van der Waals surface area contributed by atoms with Gasteiger partial charge >= 0.3 is 0 Å². The standard InChI is InChI=1S/C3H8BNO/c4-3-1-2-5-6-3/h3,5H,1-2,4H2. The smallest absolute Gasteiger partial charge is 0.141 e. The van der Waals surface area contributed by atoms with E-state index in [9.17, 15) is 0 Å². The fraction of sp³-hybridized carbons (Fsp3) is 1.00. The summed E-state index contributed by atoms with van der Waals surface area (Å²) in [6.45, 7) is 1.02. The van der Waals surface area contributed by atoms with Crippen LogP contribution in [0.15, 0.2) is 0 Å². The van der Waals surface area contributed by atoms with E-state index < -0.39 is 0 Å². The zero-order valence-corrected chi connectivity index (χ0v) is 3.90. The fourth-order valence-corrected chi connectivity index (χ4v) is 0.522. The third kappa shape index (κ3) is 0.728. The molecule has 34 valence electrons. The van der Waals surface area contributed by atoms with Crippen LogP contribution in [0.5, 0.6) is 0 Å². The van der Waals surface area contributed by atoms with Crippen molar-refractivity contribution in [2.75, 3.05) is 6.54 Å². The molecular formula is C3H8BNO. The minimum absolute atomic E-state index is 0.435. The first kappa shape index (κ1) is 4.15. The Labute approximate surface area is 38.2 Å². The Morgan fingerprint density at radius 1 is 1.83 bits per heavy atom. The van der Waals surface area contributed by atoms with Crippen LogP contribution in [0.4, 0.5) is 0 Å². The van der Waals surface area contributed by atoms with Crippen LogP contribution in [0.2, 0.25) is 0 Å². The van der Waals surface area contributed by atoms with Gasteiger partial charge in [-0.2, -0.15) is 0 Å². The summed E-state index contributed by atoms with van der Waals surface area (Å²) >= 11 is 0. The van der Waals surface area contributed by atoms with Crippen molar-refractivity contribution in [3.8, 4) is 0 Å². The first-order valence-electron chi connectivity index (χ1n) is 2.28. The molecular weight excluding hydrogens is 76.9 g/mol. The van der Waals surface area contributed by atoms with Crippen LogP contribution in [-0.2, 0) is 4.84 Å². The summed E-state index contributed by atoms with van der Waals surface area (Å²) in [6.07, 6.45) is 1.15. The highest BCUT2D eigenvalue weighted by Gasteiger charge is 2.06. The van der Waals surface area contributed by atoms with E-state index in [1.807, 2.05) is 0 Å². The lowest BCUT2D eigenvalue weighted by Gasteiger charge is -1.93. The molecule has 0 aromatic heterocycles. The molecule has 0 spiro atoms. The minimum atomic E-state index is 0.435. The molecule has 1 saturated heterocycles. The maximum Gasteiger partial charge on any atom is 0.141 e. The van der Waals surface area contributed by atoms with Crippen molar-refractivity contribution in [3.05, 3.63) is 0 Å². The Morgan fingerprint density at radius 2 is 2.67 bits per heavy atom. The summed E-state index contributed by atoms with van der Waals surface area (Å²) in [7, 11) is 2.06. The van der Waals surface area contributed by atoms with Crippen LogP contribution in [0.3, 0.4) is 0 Å². The number of rotatable bonds is 0. The lowest BCUT2D eigenvalue weighted by molar-refractivity contribution is 0.0786. The van der Waals surface area contributed by atoms with Gasteiger partial charge in [0.2, 0.25) is 0 Å². The quantitative estimate of drug-likeness (QED) is 0.376. The van der Waals surface area contributed by atoms with Crippen molar-refractivity contribution in [2.45, 2.75) is 12.4 Å². The van der Waals surface area contributed by atoms with E-state index in [0.29, 0.717) is 6.00 Å². The van der Waals surface area contributed by atoms with Gasteiger partial charge in [-0.25, -0.2) is 5.48 Å². The van der Waals surface area contributed by atoms with Crippen LogP contribution < -0.4 is 5.48 Å². The van der Waals surface area contributed by atoms with Crippen molar-refractivity contribution >= 4 is 7.85 Å². The highest BCUT2D eigenvalue weighted by molar-refractivity contribution is 6.11. The zero-order valence-electron chi connectivity index (χ0n) is 3.90. The van der Waals surface area contributed by atoms with Crippen LogP contribution in [0.1, 0.15) is 6.42 Å². The SMILES string of the molecule is BC1CCNO1. The number of hydroxylamine groups is 1. The predicted molar refractivity (Wildman–Crippen MR) is 26.0 cm³/mol. The molecule has 1 atom stereocenters. The fourth-order valence-electron chi connectivity index (χ4n) is 0.522. The third-order valence-corrected chi connectivity index (χ3v) is 0.937. The van der Waals surface area contributed by atoms with Gasteiger partial charge in [0, 0.05) is 12.5 Å². The van der Waals surface area contributed by atoms with E-state index in [-0.39, 0.29) is 0 Å². The number of nitrogens with one attached hydrogen (secondary N) is 1. The lowest BCUT2D eigenvalue weighted by atomic mass is 9.98. The molecule has 3 heteroatoms. The van der Waals surface area contributed by atoms with Gasteiger partial charge in [0.15, 0.2) is 0 Å². The maximum absolute atomic E-state index is 4.90. The molecule has 1 N–H and O–H groups in total. The molecule has 6 heavy (non-hydrogen) atoms. The van der Waals surface area contributed by atoms with Crippen LogP contribution in [-0.4, -0.2) is 20.4 Å². The molecule has 1 heterocycles. The maximum atomic E-state index is 4.90. The van der Waals surface area contributed by atoms with Gasteiger partial charge in [0.25, 0.3) is 0 Å². The van der Waals surface area contributed by atoms with Crippen molar-refractivity contribution < 1.29 is 4.84 Å². The summed E-state index contributed by atoms with van der Waals surface area (Å²) in [4.78, 5) is 4.90. The van der Waals surface area contributed by atoms with Gasteiger partial charge in [-0.1, -0.05) is 0 Å². The summed E-state index contributed by atoms with van der Waals surface area (Å²) in [5.74, 6) is 0. The van der Waals surface area contributed by atoms with Crippen LogP contribution in [0, 0.1) is 0 Å². The van der Waals surface area contributed by atoms with Gasteiger partial charge in [-0.3, -0.25) is 0 Å². The number of hydrogen-bond acceptors (Lipinski definition) is 2. The molecule has 1 fully saturated rings. The van der Waals surface area contributed by atoms with E-state index in [4.69, 9.17) is 4.84 Å². The monoisotopic (exact) mass is 85.1 g/mol. The highest BCUT2D eigenvalue weighted by Crippen LogP contribution is 1.95. The third-order valence-electron chi connectivity index (χ3n) is 0.937. The average molecular weight is 84.9 g/mol. The predicted octanol–water partition coefficient (Wildman–Crippen LogP) is -1.13. The summed E-state index contributed by atoms with van der Waals surface area (Å²) < 4.78 is 0. The molecule has 0 aromatic carbocycles. The number of hydrogen-bond donors (Lipinski definition) is 1. The molecule has 1 aliphatic rings. The molecule has 0 radical (unpaired) electrons. The highest BCUT2D eigenvalue weighted by atomic mass is 16.7. The van der Waals surface area contributed by atoms with Crippen LogP contribution >= 0.6 is 0 Å². The van der Waals surface area contributed by atoms with Crippen molar-refractivity contribution in [2.24, 2.45) is 0 Å². The Kier molecular flexibility index (Phi) is 1.12. The molecule has 0 bridgehead atoms. The topological polar surface area (TPSA) is 21.3 Å². The summed E-state index contributed by atoms with van der Waals surface area (Å²) in [5, 5.41) is 0.